The number of benzene rings is 1. The molecule has 0 bridgehead atoms. The fraction of sp³-hybridized carbons (Fsp3) is 0.650. The van der Waals surface area contributed by atoms with E-state index < -0.39 is 10.0 Å². The molecular weight excluding hydrogens is 430 g/mol. The molecule has 1 aromatic rings. The van der Waals surface area contributed by atoms with Gasteiger partial charge in [-0.15, -0.1) is 0 Å². The standard InChI is InChI=1S/C20H30ClN3O5S/c1-2-29-19-6-5-17(14-18(19)21)30(26,27)24-8-3-4-16(15-24)20(25)22-7-9-23-10-12-28-13-11-23/h5-6,14,16H,2-4,7-13,15H2,1H3,(H,22,25)/t16-/m1/s1. The summed E-state index contributed by atoms with van der Waals surface area (Å²) in [5.41, 5.74) is 0. The Labute approximate surface area is 183 Å². The highest BCUT2D eigenvalue weighted by Gasteiger charge is 2.33. The molecule has 0 aliphatic carbocycles. The fourth-order valence-corrected chi connectivity index (χ4v) is 5.60. The number of rotatable bonds is 8. The van der Waals surface area contributed by atoms with E-state index in [4.69, 9.17) is 21.1 Å². The summed E-state index contributed by atoms with van der Waals surface area (Å²) in [6.07, 6.45) is 1.32. The van der Waals surface area contributed by atoms with Gasteiger partial charge in [0.1, 0.15) is 5.75 Å². The van der Waals surface area contributed by atoms with E-state index in [1.807, 2.05) is 6.92 Å². The number of sulfonamides is 1. The van der Waals surface area contributed by atoms with Crippen LogP contribution in [0.1, 0.15) is 19.8 Å². The van der Waals surface area contributed by atoms with Gasteiger partial charge in [-0.2, -0.15) is 4.31 Å². The third-order valence-electron chi connectivity index (χ3n) is 5.43. The van der Waals surface area contributed by atoms with Crippen molar-refractivity contribution in [2.75, 3.05) is 59.1 Å². The largest absolute Gasteiger partial charge is 0.492 e. The quantitative estimate of drug-likeness (QED) is 0.635. The second kappa shape index (κ2) is 10.8. The molecule has 8 nitrogen and oxygen atoms in total. The summed E-state index contributed by atoms with van der Waals surface area (Å²) < 4.78 is 38.2. The Morgan fingerprint density at radius 3 is 2.77 bits per heavy atom. The Hall–Kier alpha value is -1.39. The van der Waals surface area contributed by atoms with Crippen LogP contribution < -0.4 is 10.1 Å². The highest BCUT2D eigenvalue weighted by Crippen LogP contribution is 2.30. The minimum Gasteiger partial charge on any atom is -0.492 e. The van der Waals surface area contributed by atoms with E-state index in [2.05, 4.69) is 10.2 Å². The average Bonchev–Trinajstić information content (AvgIpc) is 2.76. The monoisotopic (exact) mass is 459 g/mol. The maximum atomic E-state index is 13.1. The second-order valence-electron chi connectivity index (χ2n) is 7.47. The summed E-state index contributed by atoms with van der Waals surface area (Å²) in [6, 6.07) is 4.48. The first-order valence-electron chi connectivity index (χ1n) is 10.4. The summed E-state index contributed by atoms with van der Waals surface area (Å²) in [4.78, 5) is 15.0. The molecule has 1 aromatic carbocycles. The van der Waals surface area contributed by atoms with Crippen LogP contribution in [0.3, 0.4) is 0 Å². The van der Waals surface area contributed by atoms with Crippen molar-refractivity contribution in [3.8, 4) is 5.75 Å². The molecule has 3 rings (SSSR count). The van der Waals surface area contributed by atoms with E-state index in [9.17, 15) is 13.2 Å². The number of morpholine rings is 1. The van der Waals surface area contributed by atoms with Crippen LogP contribution in [0.5, 0.6) is 5.75 Å². The van der Waals surface area contributed by atoms with Crippen molar-refractivity contribution in [2.24, 2.45) is 5.92 Å². The number of nitrogens with zero attached hydrogens (tertiary/aromatic N) is 2. The second-order valence-corrected chi connectivity index (χ2v) is 9.82. The lowest BCUT2D eigenvalue weighted by Gasteiger charge is -2.31. The highest BCUT2D eigenvalue weighted by molar-refractivity contribution is 7.89. The molecule has 2 saturated heterocycles. The molecule has 30 heavy (non-hydrogen) atoms. The van der Waals surface area contributed by atoms with Crippen LogP contribution in [0.2, 0.25) is 5.02 Å². The molecule has 0 radical (unpaired) electrons. The maximum Gasteiger partial charge on any atom is 0.243 e. The number of hydrogen-bond acceptors (Lipinski definition) is 6. The van der Waals surface area contributed by atoms with Crippen LogP contribution in [0.25, 0.3) is 0 Å². The lowest BCUT2D eigenvalue weighted by atomic mass is 9.99. The van der Waals surface area contributed by atoms with E-state index in [-0.39, 0.29) is 28.3 Å². The lowest BCUT2D eigenvalue weighted by Crippen LogP contribution is -2.47. The molecule has 1 atom stereocenters. The smallest absolute Gasteiger partial charge is 0.243 e. The molecule has 0 spiro atoms. The topological polar surface area (TPSA) is 88.2 Å². The molecule has 0 unspecified atom stereocenters. The molecule has 2 aliphatic rings. The summed E-state index contributed by atoms with van der Waals surface area (Å²) in [7, 11) is -3.73. The Kier molecular flexibility index (Phi) is 8.35. The van der Waals surface area contributed by atoms with Crippen LogP contribution in [-0.4, -0.2) is 82.6 Å². The molecule has 2 aliphatic heterocycles. The first-order valence-corrected chi connectivity index (χ1v) is 12.2. The van der Waals surface area contributed by atoms with Gasteiger partial charge >= 0.3 is 0 Å². The van der Waals surface area contributed by atoms with Crippen molar-refractivity contribution in [2.45, 2.75) is 24.7 Å². The summed E-state index contributed by atoms with van der Waals surface area (Å²) in [6.45, 7) is 7.36. The van der Waals surface area contributed by atoms with E-state index in [0.29, 0.717) is 38.3 Å². The minimum atomic E-state index is -3.73. The molecule has 0 saturated carbocycles. The molecule has 0 aromatic heterocycles. The zero-order valence-corrected chi connectivity index (χ0v) is 18.9. The zero-order valence-electron chi connectivity index (χ0n) is 17.3. The van der Waals surface area contributed by atoms with E-state index in [1.54, 1.807) is 6.07 Å². The Bertz CT molecular complexity index is 830. The third kappa shape index (κ3) is 5.85. The fourth-order valence-electron chi connectivity index (χ4n) is 3.74. The Morgan fingerprint density at radius 2 is 2.07 bits per heavy atom. The van der Waals surface area contributed by atoms with Gasteiger partial charge in [-0.05, 0) is 38.0 Å². The minimum absolute atomic E-state index is 0.0899. The van der Waals surface area contributed by atoms with Crippen LogP contribution in [0, 0.1) is 5.92 Å². The number of hydrogen-bond donors (Lipinski definition) is 1. The number of nitrogens with one attached hydrogen (secondary N) is 1. The van der Waals surface area contributed by atoms with Crippen molar-refractivity contribution in [1.29, 1.82) is 0 Å². The van der Waals surface area contributed by atoms with Gasteiger partial charge in [-0.3, -0.25) is 9.69 Å². The SMILES string of the molecule is CCOc1ccc(S(=O)(=O)N2CCC[C@@H](C(=O)NCCN3CCOCC3)C2)cc1Cl. The van der Waals surface area contributed by atoms with Crippen molar-refractivity contribution >= 4 is 27.5 Å². The lowest BCUT2D eigenvalue weighted by molar-refractivity contribution is -0.126. The van der Waals surface area contributed by atoms with Crippen molar-refractivity contribution in [3.05, 3.63) is 23.2 Å². The maximum absolute atomic E-state index is 13.1. The first kappa shape index (κ1) is 23.3. The van der Waals surface area contributed by atoms with Crippen LogP contribution in [0.4, 0.5) is 0 Å². The molecular formula is C20H30ClN3O5S. The van der Waals surface area contributed by atoms with Gasteiger partial charge in [-0.1, -0.05) is 11.6 Å². The third-order valence-corrected chi connectivity index (χ3v) is 7.58. The van der Waals surface area contributed by atoms with Crippen molar-refractivity contribution in [3.63, 3.8) is 0 Å². The van der Waals surface area contributed by atoms with Gasteiger partial charge in [0, 0.05) is 39.3 Å². The van der Waals surface area contributed by atoms with Crippen molar-refractivity contribution < 1.29 is 22.7 Å². The summed E-state index contributed by atoms with van der Waals surface area (Å²) >= 11 is 6.17. The van der Waals surface area contributed by atoms with Crippen LogP contribution >= 0.6 is 11.6 Å². The molecule has 1 N–H and O–H groups in total. The summed E-state index contributed by atoms with van der Waals surface area (Å²) in [5.74, 6) is 0.0125. The normalized spacial score (nSPS) is 21.3. The number of carbonyl (C=O) groups excluding carboxylic acids is 1. The Balaban J connectivity index is 1.57. The number of amides is 1. The average molecular weight is 460 g/mol. The zero-order chi connectivity index (χ0) is 21.6. The van der Waals surface area contributed by atoms with Gasteiger partial charge in [-0.25, -0.2) is 8.42 Å². The molecule has 2 heterocycles. The predicted octanol–water partition coefficient (Wildman–Crippen LogP) is 1.59. The molecule has 1 amide bonds. The van der Waals surface area contributed by atoms with Gasteiger partial charge in [0.25, 0.3) is 0 Å². The van der Waals surface area contributed by atoms with Gasteiger partial charge in [0.2, 0.25) is 15.9 Å². The van der Waals surface area contributed by atoms with Gasteiger partial charge in [0.05, 0.1) is 35.7 Å². The number of halogens is 1. The molecule has 2 fully saturated rings. The van der Waals surface area contributed by atoms with Gasteiger partial charge in [0.15, 0.2) is 0 Å². The summed E-state index contributed by atoms with van der Waals surface area (Å²) in [5, 5.41) is 3.22. The predicted molar refractivity (Wildman–Crippen MR) is 114 cm³/mol. The van der Waals surface area contributed by atoms with Crippen LogP contribution in [0.15, 0.2) is 23.1 Å². The van der Waals surface area contributed by atoms with Crippen molar-refractivity contribution in [1.82, 2.24) is 14.5 Å². The van der Waals surface area contributed by atoms with E-state index >= 15 is 0 Å². The molecule has 10 heteroatoms. The van der Waals surface area contributed by atoms with Gasteiger partial charge < -0.3 is 14.8 Å². The van der Waals surface area contributed by atoms with Crippen LogP contribution in [-0.2, 0) is 19.6 Å². The molecule has 168 valence electrons. The Morgan fingerprint density at radius 1 is 1.30 bits per heavy atom. The number of piperidine rings is 1. The number of carbonyl (C=O) groups is 1. The van der Waals surface area contributed by atoms with E-state index in [1.165, 1.54) is 16.4 Å². The number of ether oxygens (including phenoxy) is 2. The highest BCUT2D eigenvalue weighted by atomic mass is 35.5. The van der Waals surface area contributed by atoms with E-state index in [0.717, 1.165) is 32.8 Å². The first-order chi connectivity index (χ1) is 14.4.